The van der Waals surface area contributed by atoms with E-state index < -0.39 is 5.82 Å². The van der Waals surface area contributed by atoms with Crippen LogP contribution in [0.5, 0.6) is 0 Å². The minimum Gasteiger partial charge on any atom is -0.381 e. The Morgan fingerprint density at radius 3 is 2.63 bits per heavy atom. The van der Waals surface area contributed by atoms with Gasteiger partial charge in [0.05, 0.1) is 11.9 Å². The van der Waals surface area contributed by atoms with Crippen molar-refractivity contribution < 1.29 is 13.9 Å². The van der Waals surface area contributed by atoms with E-state index in [-0.39, 0.29) is 29.6 Å². The van der Waals surface area contributed by atoms with Gasteiger partial charge in [0.2, 0.25) is 17.8 Å². The lowest BCUT2D eigenvalue weighted by atomic mass is 9.85. The van der Waals surface area contributed by atoms with Crippen LogP contribution in [0.15, 0.2) is 18.3 Å². The summed E-state index contributed by atoms with van der Waals surface area (Å²) >= 11 is 6.26. The topological polar surface area (TPSA) is 120 Å². The van der Waals surface area contributed by atoms with Gasteiger partial charge in [-0.2, -0.15) is 4.98 Å². The Bertz CT molecular complexity index is 1240. The molecule has 1 amide bonds. The molecule has 1 aliphatic heterocycles. The number of carbonyl (C=O) groups excluding carboxylic acids is 1. The van der Waals surface area contributed by atoms with Gasteiger partial charge in [0.1, 0.15) is 11.3 Å². The highest BCUT2D eigenvalue weighted by Gasteiger charge is 2.29. The van der Waals surface area contributed by atoms with Gasteiger partial charge in [0.25, 0.3) is 0 Å². The number of aromatic nitrogens is 4. The van der Waals surface area contributed by atoms with Crippen molar-refractivity contribution in [3.8, 4) is 0 Å². The first-order valence-corrected chi connectivity index (χ1v) is 12.4. The Morgan fingerprint density at radius 1 is 1.17 bits per heavy atom. The number of carbonyl (C=O) groups is 1. The Labute approximate surface area is 207 Å². The molecule has 3 aromatic rings. The number of hydrogen-bond acceptors (Lipinski definition) is 7. The molecule has 0 atom stereocenters. The number of hydrogen-bond donors (Lipinski definition) is 3. The minimum absolute atomic E-state index is 0.0199. The second-order valence-corrected chi connectivity index (χ2v) is 9.71. The standard InChI is InChI=1S/C24H29ClFN7O2/c1-13-17(25)6-7-18(26)20(13)31-24-30-19-12-28-23(29-15-8-10-35-11-9-15)32-22(19)33(24)16-4-2-14(3-5-16)21(27)34/h6-7,12,14-16H,2-5,8-11H2,1H3,(H2,27,34)(H,30,31)(H,28,29,32)/t14-,16+. The number of nitrogens with zero attached hydrogens (tertiary/aromatic N) is 4. The van der Waals surface area contributed by atoms with Crippen LogP contribution in [0.2, 0.25) is 5.02 Å². The van der Waals surface area contributed by atoms with E-state index in [4.69, 9.17) is 32.0 Å². The molecule has 9 nitrogen and oxygen atoms in total. The Morgan fingerprint density at radius 2 is 1.91 bits per heavy atom. The first-order valence-electron chi connectivity index (χ1n) is 12.0. The van der Waals surface area contributed by atoms with E-state index in [1.807, 2.05) is 4.57 Å². The molecule has 1 aromatic carbocycles. The largest absolute Gasteiger partial charge is 0.381 e. The van der Waals surface area contributed by atoms with Crippen LogP contribution in [0.25, 0.3) is 11.2 Å². The van der Waals surface area contributed by atoms with E-state index in [9.17, 15) is 9.18 Å². The molecule has 3 heterocycles. The summed E-state index contributed by atoms with van der Waals surface area (Å²) in [6, 6.07) is 3.12. The fourth-order valence-electron chi connectivity index (χ4n) is 4.96. The predicted molar refractivity (Wildman–Crippen MR) is 132 cm³/mol. The number of halogens is 2. The number of imidazole rings is 1. The lowest BCUT2D eigenvalue weighted by molar-refractivity contribution is -0.122. The van der Waals surface area contributed by atoms with Crippen molar-refractivity contribution in [2.45, 2.75) is 57.5 Å². The Balaban J connectivity index is 1.53. The number of primary amides is 1. The molecule has 0 unspecified atom stereocenters. The fraction of sp³-hybridized carbons (Fsp3) is 0.500. The molecule has 186 valence electrons. The summed E-state index contributed by atoms with van der Waals surface area (Å²) < 4.78 is 22.2. The molecular weight excluding hydrogens is 473 g/mol. The number of ether oxygens (including phenoxy) is 1. The highest BCUT2D eigenvalue weighted by Crippen LogP contribution is 2.38. The van der Waals surface area contributed by atoms with Crippen LogP contribution in [0.4, 0.5) is 22.0 Å². The summed E-state index contributed by atoms with van der Waals surface area (Å²) in [6.45, 7) is 3.17. The molecule has 2 aliphatic rings. The van der Waals surface area contributed by atoms with Crippen LogP contribution >= 0.6 is 11.6 Å². The van der Waals surface area contributed by atoms with E-state index in [0.717, 1.165) is 25.7 Å². The molecular formula is C24H29ClFN7O2. The van der Waals surface area contributed by atoms with Crippen LogP contribution in [-0.4, -0.2) is 44.7 Å². The molecule has 2 fully saturated rings. The lowest BCUT2D eigenvalue weighted by Gasteiger charge is -2.29. The molecule has 2 aromatic heterocycles. The quantitative estimate of drug-likeness (QED) is 0.455. The van der Waals surface area contributed by atoms with E-state index in [0.29, 0.717) is 59.7 Å². The monoisotopic (exact) mass is 501 g/mol. The molecule has 0 bridgehead atoms. The third-order valence-corrected chi connectivity index (χ3v) is 7.45. The molecule has 1 aliphatic carbocycles. The van der Waals surface area contributed by atoms with Crippen molar-refractivity contribution >= 4 is 46.3 Å². The van der Waals surface area contributed by atoms with Gasteiger partial charge in [0.15, 0.2) is 5.65 Å². The number of benzene rings is 1. The SMILES string of the molecule is Cc1c(Cl)ccc(F)c1Nc1nc2cnc(NC3CCOCC3)nc2n1[C@H]1CC[C@@H](C(N)=O)CC1. The average Bonchev–Trinajstić information content (AvgIpc) is 3.22. The summed E-state index contributed by atoms with van der Waals surface area (Å²) in [5.74, 6) is 0.165. The molecule has 0 radical (unpaired) electrons. The van der Waals surface area contributed by atoms with Crippen molar-refractivity contribution in [3.63, 3.8) is 0 Å². The van der Waals surface area contributed by atoms with Crippen molar-refractivity contribution in [2.24, 2.45) is 11.7 Å². The summed E-state index contributed by atoms with van der Waals surface area (Å²) in [6.07, 6.45) is 6.29. The fourth-order valence-corrected chi connectivity index (χ4v) is 5.11. The van der Waals surface area contributed by atoms with Crippen LogP contribution in [-0.2, 0) is 9.53 Å². The zero-order chi connectivity index (χ0) is 24.5. The molecule has 4 N–H and O–H groups in total. The van der Waals surface area contributed by atoms with Crippen molar-refractivity contribution in [3.05, 3.63) is 34.7 Å². The number of rotatable bonds is 6. The van der Waals surface area contributed by atoms with Gasteiger partial charge in [-0.05, 0) is 63.1 Å². The van der Waals surface area contributed by atoms with E-state index >= 15 is 0 Å². The van der Waals surface area contributed by atoms with E-state index in [2.05, 4.69) is 15.6 Å². The molecule has 1 saturated carbocycles. The van der Waals surface area contributed by atoms with Crippen LogP contribution in [0, 0.1) is 18.7 Å². The van der Waals surface area contributed by atoms with Crippen LogP contribution < -0.4 is 16.4 Å². The van der Waals surface area contributed by atoms with E-state index in [1.165, 1.54) is 12.1 Å². The van der Waals surface area contributed by atoms with E-state index in [1.54, 1.807) is 13.1 Å². The van der Waals surface area contributed by atoms with Gasteiger partial charge in [-0.1, -0.05) is 11.6 Å². The average molecular weight is 502 g/mol. The van der Waals surface area contributed by atoms with Gasteiger partial charge in [-0.3, -0.25) is 9.36 Å². The number of fused-ring (bicyclic) bond motifs is 1. The maximum Gasteiger partial charge on any atom is 0.224 e. The number of anilines is 3. The molecule has 0 spiro atoms. The summed E-state index contributed by atoms with van der Waals surface area (Å²) in [4.78, 5) is 25.7. The van der Waals surface area contributed by atoms with Gasteiger partial charge < -0.3 is 21.1 Å². The maximum absolute atomic E-state index is 14.8. The first-order chi connectivity index (χ1) is 16.9. The first kappa shape index (κ1) is 23.7. The highest BCUT2D eigenvalue weighted by molar-refractivity contribution is 6.31. The van der Waals surface area contributed by atoms with Crippen molar-refractivity contribution in [1.82, 2.24) is 19.5 Å². The normalized spacial score (nSPS) is 21.2. The lowest BCUT2D eigenvalue weighted by Crippen LogP contribution is -2.29. The number of nitrogens with one attached hydrogen (secondary N) is 2. The third-order valence-electron chi connectivity index (χ3n) is 7.04. The van der Waals surface area contributed by atoms with Crippen LogP contribution in [0.3, 0.4) is 0 Å². The zero-order valence-electron chi connectivity index (χ0n) is 19.6. The number of nitrogens with two attached hydrogens (primary N) is 1. The molecule has 1 saturated heterocycles. The van der Waals surface area contributed by atoms with Gasteiger partial charge >= 0.3 is 0 Å². The van der Waals surface area contributed by atoms with Gasteiger partial charge in [-0.15, -0.1) is 0 Å². The summed E-state index contributed by atoms with van der Waals surface area (Å²) in [7, 11) is 0. The number of amides is 1. The summed E-state index contributed by atoms with van der Waals surface area (Å²) in [5.41, 5.74) is 7.66. The minimum atomic E-state index is -0.420. The Hall–Kier alpha value is -2.98. The summed E-state index contributed by atoms with van der Waals surface area (Å²) in [5, 5.41) is 7.03. The van der Waals surface area contributed by atoms with Crippen LogP contribution in [0.1, 0.15) is 50.1 Å². The predicted octanol–water partition coefficient (Wildman–Crippen LogP) is 4.48. The zero-order valence-corrected chi connectivity index (χ0v) is 20.3. The molecule has 11 heteroatoms. The van der Waals surface area contributed by atoms with Gasteiger partial charge in [-0.25, -0.2) is 14.4 Å². The Kier molecular flexibility index (Phi) is 6.75. The second kappa shape index (κ2) is 9.94. The molecule has 5 rings (SSSR count). The smallest absolute Gasteiger partial charge is 0.224 e. The maximum atomic E-state index is 14.8. The highest BCUT2D eigenvalue weighted by atomic mass is 35.5. The van der Waals surface area contributed by atoms with Crippen molar-refractivity contribution in [2.75, 3.05) is 23.8 Å². The third kappa shape index (κ3) is 4.90. The molecule has 35 heavy (non-hydrogen) atoms. The second-order valence-electron chi connectivity index (χ2n) is 9.30. The van der Waals surface area contributed by atoms with Gasteiger partial charge in [0, 0.05) is 36.2 Å². The van der Waals surface area contributed by atoms with Crippen molar-refractivity contribution in [1.29, 1.82) is 0 Å².